The summed E-state index contributed by atoms with van der Waals surface area (Å²) in [7, 11) is 0. The standard InChI is InChI=1S/C21H23N3O5/c1-3-28-20(26)15-17(13-7-5-9-22-11-13)24-18(14-8-6-10-23-12-14)16(19(15)25)21(27)29-4-2/h5-12,15-18,24H,3-4H2,1-2H3/p+1/t15-,16+,17+,18-. The second kappa shape index (κ2) is 9.38. The first-order chi connectivity index (χ1) is 14.1. The second-order valence-corrected chi connectivity index (χ2v) is 6.68. The zero-order valence-corrected chi connectivity index (χ0v) is 16.4. The quantitative estimate of drug-likeness (QED) is 0.565. The number of hydrogen-bond donors (Lipinski definition) is 1. The molecule has 2 aromatic heterocycles. The zero-order valence-electron chi connectivity index (χ0n) is 16.4. The highest BCUT2D eigenvalue weighted by Gasteiger charge is 2.55. The SMILES string of the molecule is CCOC(=O)[C@@H]1C(=O)[C@H](C(=O)OCC)[C@H](c2cccnc2)[NH2+][C@@H]1c1cccnc1. The molecule has 0 amide bonds. The van der Waals surface area contributed by atoms with Gasteiger partial charge in [-0.05, 0) is 38.1 Å². The molecule has 29 heavy (non-hydrogen) atoms. The van der Waals surface area contributed by atoms with Gasteiger partial charge in [-0.15, -0.1) is 0 Å². The number of Topliss-reactive ketones (excluding diaryl/α,β-unsaturated/α-hetero) is 1. The number of carbonyl (C=O) groups is 3. The third-order valence-corrected chi connectivity index (χ3v) is 4.97. The van der Waals surface area contributed by atoms with E-state index in [-0.39, 0.29) is 13.2 Å². The van der Waals surface area contributed by atoms with E-state index in [2.05, 4.69) is 9.97 Å². The highest BCUT2D eigenvalue weighted by molar-refractivity contribution is 6.09. The Balaban J connectivity index is 2.08. The van der Waals surface area contributed by atoms with Crippen molar-refractivity contribution in [2.75, 3.05) is 13.2 Å². The molecule has 1 saturated heterocycles. The molecular weight excluding hydrogens is 374 g/mol. The van der Waals surface area contributed by atoms with Crippen molar-refractivity contribution in [2.45, 2.75) is 25.9 Å². The minimum absolute atomic E-state index is 0.137. The molecule has 8 nitrogen and oxygen atoms in total. The Morgan fingerprint density at radius 2 is 1.34 bits per heavy atom. The Morgan fingerprint density at radius 1 is 0.897 bits per heavy atom. The second-order valence-electron chi connectivity index (χ2n) is 6.68. The first-order valence-corrected chi connectivity index (χ1v) is 9.60. The van der Waals surface area contributed by atoms with Crippen LogP contribution in [0.4, 0.5) is 0 Å². The van der Waals surface area contributed by atoms with Crippen LogP contribution in [0.15, 0.2) is 49.1 Å². The molecule has 0 unspecified atom stereocenters. The number of aromatic nitrogens is 2. The van der Waals surface area contributed by atoms with E-state index in [1.807, 2.05) is 5.32 Å². The molecule has 0 aliphatic carbocycles. The van der Waals surface area contributed by atoms with Crippen LogP contribution in [-0.4, -0.2) is 40.9 Å². The summed E-state index contributed by atoms with van der Waals surface area (Å²) in [5.74, 6) is -4.09. The number of carbonyl (C=O) groups excluding carboxylic acids is 3. The maximum absolute atomic E-state index is 13.5. The molecule has 0 radical (unpaired) electrons. The monoisotopic (exact) mass is 398 g/mol. The fourth-order valence-electron chi connectivity index (χ4n) is 3.74. The zero-order chi connectivity index (χ0) is 20.8. The number of nitrogens with two attached hydrogens (primary N) is 1. The van der Waals surface area contributed by atoms with E-state index in [0.29, 0.717) is 11.1 Å². The van der Waals surface area contributed by atoms with Crippen LogP contribution in [0, 0.1) is 11.8 Å². The summed E-state index contributed by atoms with van der Waals surface area (Å²) in [6.07, 6.45) is 6.47. The summed E-state index contributed by atoms with van der Waals surface area (Å²) in [4.78, 5) is 47.1. The summed E-state index contributed by atoms with van der Waals surface area (Å²) in [5, 5.41) is 1.85. The summed E-state index contributed by atoms with van der Waals surface area (Å²) in [6, 6.07) is 5.94. The van der Waals surface area contributed by atoms with Crippen molar-refractivity contribution in [1.82, 2.24) is 9.97 Å². The molecule has 4 atom stereocenters. The number of piperidine rings is 1. The number of hydrogen-bond acceptors (Lipinski definition) is 7. The van der Waals surface area contributed by atoms with Gasteiger partial charge in [0.25, 0.3) is 0 Å². The largest absolute Gasteiger partial charge is 0.465 e. The fourth-order valence-corrected chi connectivity index (χ4v) is 3.74. The Labute approximate surface area is 168 Å². The number of esters is 2. The number of ether oxygens (including phenoxy) is 2. The molecule has 2 N–H and O–H groups in total. The van der Waals surface area contributed by atoms with Crippen molar-refractivity contribution in [2.24, 2.45) is 11.8 Å². The van der Waals surface area contributed by atoms with E-state index in [1.165, 1.54) is 0 Å². The molecule has 1 aliphatic rings. The van der Waals surface area contributed by atoms with Gasteiger partial charge in [-0.2, -0.15) is 0 Å². The van der Waals surface area contributed by atoms with Crippen LogP contribution in [0.5, 0.6) is 0 Å². The average molecular weight is 398 g/mol. The minimum Gasteiger partial charge on any atom is -0.465 e. The summed E-state index contributed by atoms with van der Waals surface area (Å²) < 4.78 is 10.3. The van der Waals surface area contributed by atoms with Crippen molar-refractivity contribution < 1.29 is 29.2 Å². The maximum Gasteiger partial charge on any atom is 0.323 e. The smallest absolute Gasteiger partial charge is 0.323 e. The molecular formula is C21H24N3O5+. The van der Waals surface area contributed by atoms with Gasteiger partial charge < -0.3 is 14.8 Å². The molecule has 3 heterocycles. The van der Waals surface area contributed by atoms with Gasteiger partial charge in [0.2, 0.25) is 0 Å². The van der Waals surface area contributed by atoms with Crippen molar-refractivity contribution in [1.29, 1.82) is 0 Å². The fraction of sp³-hybridized carbons (Fsp3) is 0.381. The molecule has 0 spiro atoms. The van der Waals surface area contributed by atoms with Crippen LogP contribution in [0.1, 0.15) is 37.1 Å². The molecule has 152 valence electrons. The topological polar surface area (TPSA) is 112 Å². The van der Waals surface area contributed by atoms with Crippen molar-refractivity contribution in [3.05, 3.63) is 60.2 Å². The van der Waals surface area contributed by atoms with E-state index in [9.17, 15) is 14.4 Å². The maximum atomic E-state index is 13.5. The lowest BCUT2D eigenvalue weighted by Gasteiger charge is -2.36. The lowest BCUT2D eigenvalue weighted by molar-refractivity contribution is -0.745. The molecule has 1 aliphatic heterocycles. The number of nitrogens with zero attached hydrogens (tertiary/aromatic N) is 2. The summed E-state index contributed by atoms with van der Waals surface area (Å²) in [6.45, 7) is 3.63. The number of quaternary nitrogens is 1. The minimum atomic E-state index is -1.14. The van der Waals surface area contributed by atoms with Crippen LogP contribution >= 0.6 is 0 Å². The van der Waals surface area contributed by atoms with Crippen LogP contribution in [0.2, 0.25) is 0 Å². The highest BCUT2D eigenvalue weighted by atomic mass is 16.5. The van der Waals surface area contributed by atoms with Crippen molar-refractivity contribution >= 4 is 17.7 Å². The van der Waals surface area contributed by atoms with Crippen LogP contribution < -0.4 is 5.32 Å². The first-order valence-electron chi connectivity index (χ1n) is 9.60. The molecule has 0 saturated carbocycles. The normalized spacial score (nSPS) is 24.0. The lowest BCUT2D eigenvalue weighted by Crippen LogP contribution is -2.93. The van der Waals surface area contributed by atoms with Gasteiger partial charge in [0.15, 0.2) is 17.6 Å². The van der Waals surface area contributed by atoms with Crippen molar-refractivity contribution in [3.63, 3.8) is 0 Å². The Hall–Kier alpha value is -3.13. The van der Waals surface area contributed by atoms with E-state index < -0.39 is 41.6 Å². The Bertz CT molecular complexity index is 790. The van der Waals surface area contributed by atoms with Gasteiger partial charge in [-0.25, -0.2) is 0 Å². The van der Waals surface area contributed by atoms with Gasteiger partial charge >= 0.3 is 11.9 Å². The van der Waals surface area contributed by atoms with Gasteiger partial charge in [-0.3, -0.25) is 24.4 Å². The number of ketones is 1. The van der Waals surface area contributed by atoms with Gasteiger partial charge in [-0.1, -0.05) is 0 Å². The molecule has 2 aromatic rings. The Kier molecular flexibility index (Phi) is 6.66. The molecule has 1 fully saturated rings. The predicted octanol–water partition coefficient (Wildman–Crippen LogP) is 0.764. The average Bonchev–Trinajstić information content (AvgIpc) is 2.74. The third-order valence-electron chi connectivity index (χ3n) is 4.97. The molecule has 0 aromatic carbocycles. The van der Waals surface area contributed by atoms with E-state index in [4.69, 9.17) is 9.47 Å². The first kappa shape index (κ1) is 20.6. The molecule has 0 bridgehead atoms. The van der Waals surface area contributed by atoms with Gasteiger partial charge in [0.05, 0.1) is 13.2 Å². The van der Waals surface area contributed by atoms with Crippen LogP contribution in [-0.2, 0) is 23.9 Å². The van der Waals surface area contributed by atoms with E-state index >= 15 is 0 Å². The summed E-state index contributed by atoms with van der Waals surface area (Å²) >= 11 is 0. The summed E-state index contributed by atoms with van der Waals surface area (Å²) in [5.41, 5.74) is 1.41. The third kappa shape index (κ3) is 4.32. The molecule has 8 heteroatoms. The highest BCUT2D eigenvalue weighted by Crippen LogP contribution is 2.34. The van der Waals surface area contributed by atoms with E-state index in [0.717, 1.165) is 0 Å². The van der Waals surface area contributed by atoms with E-state index in [1.54, 1.807) is 62.9 Å². The van der Waals surface area contributed by atoms with Crippen LogP contribution in [0.3, 0.4) is 0 Å². The Morgan fingerprint density at radius 3 is 1.69 bits per heavy atom. The van der Waals surface area contributed by atoms with Crippen molar-refractivity contribution in [3.8, 4) is 0 Å². The van der Waals surface area contributed by atoms with Gasteiger partial charge in [0.1, 0.15) is 12.1 Å². The van der Waals surface area contributed by atoms with Gasteiger partial charge in [0, 0.05) is 35.9 Å². The number of rotatable bonds is 6. The lowest BCUT2D eigenvalue weighted by atomic mass is 9.75. The predicted molar refractivity (Wildman–Crippen MR) is 101 cm³/mol. The number of pyridine rings is 2. The molecule has 3 rings (SSSR count). The van der Waals surface area contributed by atoms with Crippen LogP contribution in [0.25, 0.3) is 0 Å².